The first-order valence-corrected chi connectivity index (χ1v) is 7.04. The van der Waals surface area contributed by atoms with E-state index in [2.05, 4.69) is 4.98 Å². The third-order valence-electron chi connectivity index (χ3n) is 2.62. The first-order chi connectivity index (χ1) is 7.91. The summed E-state index contributed by atoms with van der Waals surface area (Å²) in [6.45, 7) is 5.40. The van der Waals surface area contributed by atoms with Crippen LogP contribution < -0.4 is 5.73 Å². The molecule has 7 heteroatoms. The van der Waals surface area contributed by atoms with E-state index in [9.17, 15) is 8.42 Å². The number of rotatable bonds is 6. The average molecular weight is 260 g/mol. The molecule has 2 N–H and O–H groups in total. The maximum absolute atomic E-state index is 12.1. The highest BCUT2D eigenvalue weighted by molar-refractivity contribution is 7.89. The third kappa shape index (κ3) is 3.27. The molecule has 0 bridgehead atoms. The molecule has 0 amide bonds. The topological polar surface area (TPSA) is 81.2 Å². The van der Waals surface area contributed by atoms with Crippen LogP contribution in [0.5, 0.6) is 0 Å². The van der Waals surface area contributed by atoms with Gasteiger partial charge < -0.3 is 10.3 Å². The van der Waals surface area contributed by atoms with E-state index in [4.69, 9.17) is 5.73 Å². The minimum Gasteiger partial charge on any atom is -0.336 e. The molecule has 0 spiro atoms. The molecule has 98 valence electrons. The van der Waals surface area contributed by atoms with Gasteiger partial charge in [-0.1, -0.05) is 6.92 Å². The SMILES string of the molecule is CCn1cnc(S(=O)(=O)N(C)CC(C)CN)c1. The van der Waals surface area contributed by atoms with Gasteiger partial charge in [0.25, 0.3) is 10.0 Å². The Balaban J connectivity index is 2.87. The van der Waals surface area contributed by atoms with E-state index in [1.54, 1.807) is 17.8 Å². The summed E-state index contributed by atoms with van der Waals surface area (Å²) < 4.78 is 27.3. The fraction of sp³-hybridized carbons (Fsp3) is 0.700. The number of imidazole rings is 1. The molecule has 0 saturated carbocycles. The molecule has 0 aliphatic rings. The fourth-order valence-corrected chi connectivity index (χ4v) is 2.64. The number of aryl methyl sites for hydroxylation is 1. The van der Waals surface area contributed by atoms with E-state index >= 15 is 0 Å². The number of aromatic nitrogens is 2. The van der Waals surface area contributed by atoms with Gasteiger partial charge in [0.1, 0.15) is 0 Å². The van der Waals surface area contributed by atoms with Crippen molar-refractivity contribution in [2.75, 3.05) is 20.1 Å². The number of hydrogen-bond donors (Lipinski definition) is 1. The molecule has 0 aromatic carbocycles. The smallest absolute Gasteiger partial charge is 0.261 e. The van der Waals surface area contributed by atoms with Crippen molar-refractivity contribution < 1.29 is 8.42 Å². The Morgan fingerprint density at radius 1 is 1.59 bits per heavy atom. The highest BCUT2D eigenvalue weighted by Crippen LogP contribution is 2.12. The summed E-state index contributed by atoms with van der Waals surface area (Å²) in [6.07, 6.45) is 3.06. The highest BCUT2D eigenvalue weighted by Gasteiger charge is 2.24. The standard InChI is InChI=1S/C10H20N4O2S/c1-4-14-7-10(12-8-14)17(15,16)13(3)6-9(2)5-11/h7-9H,4-6,11H2,1-3H3. The fourth-order valence-electron chi connectivity index (χ4n) is 1.42. The van der Waals surface area contributed by atoms with Gasteiger partial charge in [0, 0.05) is 26.3 Å². The molecule has 1 heterocycles. The van der Waals surface area contributed by atoms with E-state index in [1.165, 1.54) is 10.6 Å². The van der Waals surface area contributed by atoms with Gasteiger partial charge >= 0.3 is 0 Å². The van der Waals surface area contributed by atoms with Crippen LogP contribution in [0, 0.1) is 5.92 Å². The van der Waals surface area contributed by atoms with Crippen molar-refractivity contribution in [2.45, 2.75) is 25.4 Å². The van der Waals surface area contributed by atoms with Crippen LogP contribution in [0.15, 0.2) is 17.6 Å². The van der Waals surface area contributed by atoms with Crippen LogP contribution in [0.1, 0.15) is 13.8 Å². The van der Waals surface area contributed by atoms with Crippen molar-refractivity contribution in [3.63, 3.8) is 0 Å². The summed E-state index contributed by atoms with van der Waals surface area (Å²) in [5, 5.41) is 0.0890. The largest absolute Gasteiger partial charge is 0.336 e. The molecule has 1 atom stereocenters. The average Bonchev–Trinajstić information content (AvgIpc) is 2.77. The lowest BCUT2D eigenvalue weighted by atomic mass is 10.2. The maximum Gasteiger partial charge on any atom is 0.261 e. The van der Waals surface area contributed by atoms with Crippen LogP contribution in [-0.2, 0) is 16.6 Å². The summed E-state index contributed by atoms with van der Waals surface area (Å²) in [5.41, 5.74) is 5.49. The van der Waals surface area contributed by atoms with Crippen LogP contribution in [-0.4, -0.2) is 42.4 Å². The van der Waals surface area contributed by atoms with Crippen molar-refractivity contribution in [1.29, 1.82) is 0 Å². The van der Waals surface area contributed by atoms with Crippen LogP contribution in [0.2, 0.25) is 0 Å². The van der Waals surface area contributed by atoms with Gasteiger partial charge in [-0.2, -0.15) is 4.31 Å². The number of sulfonamides is 1. The van der Waals surface area contributed by atoms with Crippen LogP contribution in [0.4, 0.5) is 0 Å². The summed E-state index contributed by atoms with van der Waals surface area (Å²) in [4.78, 5) is 3.91. The monoisotopic (exact) mass is 260 g/mol. The Morgan fingerprint density at radius 3 is 2.71 bits per heavy atom. The molecule has 17 heavy (non-hydrogen) atoms. The first kappa shape index (κ1) is 14.1. The molecule has 0 aliphatic heterocycles. The molecule has 0 saturated heterocycles. The maximum atomic E-state index is 12.1. The van der Waals surface area contributed by atoms with Crippen LogP contribution in [0.3, 0.4) is 0 Å². The van der Waals surface area contributed by atoms with Crippen molar-refractivity contribution in [1.82, 2.24) is 13.9 Å². The van der Waals surface area contributed by atoms with E-state index in [0.29, 0.717) is 19.6 Å². The zero-order valence-electron chi connectivity index (χ0n) is 10.5. The summed E-state index contributed by atoms with van der Waals surface area (Å²) in [7, 11) is -1.94. The second-order valence-corrected chi connectivity index (χ2v) is 6.16. The van der Waals surface area contributed by atoms with E-state index in [1.807, 2.05) is 13.8 Å². The number of hydrogen-bond acceptors (Lipinski definition) is 4. The predicted molar refractivity (Wildman–Crippen MR) is 65.9 cm³/mol. The Labute approximate surface area is 102 Å². The molecule has 1 aromatic heterocycles. The van der Waals surface area contributed by atoms with Crippen LogP contribution >= 0.6 is 0 Å². The third-order valence-corrected chi connectivity index (χ3v) is 4.33. The second-order valence-electron chi connectivity index (χ2n) is 4.17. The molecule has 0 aliphatic carbocycles. The zero-order chi connectivity index (χ0) is 13.1. The van der Waals surface area contributed by atoms with Crippen molar-refractivity contribution in [3.05, 3.63) is 12.5 Å². The second kappa shape index (κ2) is 5.61. The minimum atomic E-state index is -3.49. The normalized spacial score (nSPS) is 14.2. The number of nitrogens with two attached hydrogens (primary N) is 1. The van der Waals surface area contributed by atoms with Crippen molar-refractivity contribution >= 4 is 10.0 Å². The van der Waals surface area contributed by atoms with Crippen molar-refractivity contribution in [2.24, 2.45) is 11.7 Å². The predicted octanol–water partition coefficient (Wildman–Crippen LogP) is 0.118. The lowest BCUT2D eigenvalue weighted by Crippen LogP contribution is -2.33. The molecular weight excluding hydrogens is 240 g/mol. The minimum absolute atomic E-state index is 0.0890. The number of nitrogens with zero attached hydrogens (tertiary/aromatic N) is 3. The lowest BCUT2D eigenvalue weighted by Gasteiger charge is -2.18. The molecule has 0 fully saturated rings. The quantitative estimate of drug-likeness (QED) is 0.787. The van der Waals surface area contributed by atoms with Gasteiger partial charge in [-0.15, -0.1) is 0 Å². The Hall–Kier alpha value is -0.920. The van der Waals surface area contributed by atoms with E-state index in [0.717, 1.165) is 0 Å². The van der Waals surface area contributed by atoms with Crippen LogP contribution in [0.25, 0.3) is 0 Å². The van der Waals surface area contributed by atoms with Gasteiger partial charge in [-0.05, 0) is 19.4 Å². The Kier molecular flexibility index (Phi) is 4.67. The van der Waals surface area contributed by atoms with Gasteiger partial charge in [0.05, 0.1) is 6.33 Å². The Bertz CT molecular complexity index is 455. The molecule has 6 nitrogen and oxygen atoms in total. The van der Waals surface area contributed by atoms with Gasteiger partial charge in [0.15, 0.2) is 5.03 Å². The van der Waals surface area contributed by atoms with E-state index < -0.39 is 10.0 Å². The molecule has 0 radical (unpaired) electrons. The summed E-state index contributed by atoms with van der Waals surface area (Å²) in [5.74, 6) is 0.128. The molecule has 1 rings (SSSR count). The summed E-state index contributed by atoms with van der Waals surface area (Å²) >= 11 is 0. The summed E-state index contributed by atoms with van der Waals surface area (Å²) in [6, 6.07) is 0. The molecule has 1 aromatic rings. The van der Waals surface area contributed by atoms with Gasteiger partial charge in [0.2, 0.25) is 0 Å². The highest BCUT2D eigenvalue weighted by atomic mass is 32.2. The Morgan fingerprint density at radius 2 is 2.24 bits per heavy atom. The van der Waals surface area contributed by atoms with E-state index in [-0.39, 0.29) is 10.9 Å². The molecule has 1 unspecified atom stereocenters. The van der Waals surface area contributed by atoms with Gasteiger partial charge in [-0.3, -0.25) is 0 Å². The van der Waals surface area contributed by atoms with Crippen molar-refractivity contribution in [3.8, 4) is 0 Å². The molecular formula is C10H20N4O2S. The zero-order valence-corrected chi connectivity index (χ0v) is 11.3. The van der Waals surface area contributed by atoms with Gasteiger partial charge in [-0.25, -0.2) is 13.4 Å². The lowest BCUT2D eigenvalue weighted by molar-refractivity contribution is 0.403. The first-order valence-electron chi connectivity index (χ1n) is 5.60.